The van der Waals surface area contributed by atoms with Gasteiger partial charge in [-0.2, -0.15) is 0 Å². The lowest BCUT2D eigenvalue weighted by atomic mass is 10.2. The van der Waals surface area contributed by atoms with Crippen LogP contribution in [0.15, 0.2) is 80.8 Å². The van der Waals surface area contributed by atoms with Gasteiger partial charge in [0.1, 0.15) is 11.3 Å². The minimum Gasteiger partial charge on any atom is -0.461 e. The van der Waals surface area contributed by atoms with Crippen molar-refractivity contribution >= 4 is 16.9 Å². The van der Waals surface area contributed by atoms with Crippen molar-refractivity contribution in [3.63, 3.8) is 0 Å². The van der Waals surface area contributed by atoms with Crippen LogP contribution in [0, 0.1) is 0 Å². The number of rotatable bonds is 3. The van der Waals surface area contributed by atoms with Gasteiger partial charge in [-0.3, -0.25) is 9.78 Å². The second-order valence-electron chi connectivity index (χ2n) is 5.24. The maximum absolute atomic E-state index is 12.4. The Kier molecular flexibility index (Phi) is 3.63. The highest BCUT2D eigenvalue weighted by Gasteiger charge is 2.12. The van der Waals surface area contributed by atoms with E-state index >= 15 is 0 Å². The number of benzene rings is 1. The molecule has 0 N–H and O–H groups in total. The molecule has 4 rings (SSSR count). The van der Waals surface area contributed by atoms with Crippen LogP contribution in [0.2, 0.25) is 0 Å². The molecular weight excluding hydrogens is 322 g/mol. The summed E-state index contributed by atoms with van der Waals surface area (Å²) >= 11 is 0. The lowest BCUT2D eigenvalue weighted by Gasteiger charge is -2.06. The number of aromatic nitrogens is 1. The van der Waals surface area contributed by atoms with E-state index < -0.39 is 5.97 Å². The van der Waals surface area contributed by atoms with Gasteiger partial charge in [0.25, 0.3) is 0 Å². The van der Waals surface area contributed by atoms with Gasteiger partial charge in [0.15, 0.2) is 16.9 Å². The number of carbonyl (C=O) groups excluding carboxylic acids is 1. The predicted octanol–water partition coefficient (Wildman–Crippen LogP) is 3.67. The maximum Gasteiger partial charge on any atom is 0.343 e. The Morgan fingerprint density at radius 3 is 2.60 bits per heavy atom. The molecule has 0 fully saturated rings. The Morgan fingerprint density at radius 1 is 1.00 bits per heavy atom. The van der Waals surface area contributed by atoms with Gasteiger partial charge in [-0.1, -0.05) is 0 Å². The highest BCUT2D eigenvalue weighted by molar-refractivity contribution is 5.91. The number of pyridine rings is 1. The summed E-state index contributed by atoms with van der Waals surface area (Å²) in [6.07, 6.45) is 4.50. The summed E-state index contributed by atoms with van der Waals surface area (Å²) in [4.78, 5) is 28.3. The summed E-state index contributed by atoms with van der Waals surface area (Å²) in [5.74, 6) is 0.530. The number of hydrogen-bond acceptors (Lipinski definition) is 6. The van der Waals surface area contributed by atoms with Crippen LogP contribution >= 0.6 is 0 Å². The largest absolute Gasteiger partial charge is 0.461 e. The first kappa shape index (κ1) is 14.9. The first-order chi connectivity index (χ1) is 12.2. The topological polar surface area (TPSA) is 82.5 Å². The summed E-state index contributed by atoms with van der Waals surface area (Å²) in [6.45, 7) is 0. The molecule has 0 unspecified atom stereocenters. The fraction of sp³-hybridized carbons (Fsp3) is 0. The third kappa shape index (κ3) is 2.92. The summed E-state index contributed by atoms with van der Waals surface area (Å²) in [5, 5.41) is 0.315. The molecular formula is C19H11NO5. The zero-order chi connectivity index (χ0) is 17.2. The van der Waals surface area contributed by atoms with Crippen LogP contribution in [-0.2, 0) is 0 Å². The SMILES string of the molecule is O=C(Oc1ccc2oc(-c3ccco3)cc(=O)c2c1)c1ccncc1. The van der Waals surface area contributed by atoms with Crippen molar-refractivity contribution in [3.05, 3.63) is 83.0 Å². The number of nitrogens with zero attached hydrogens (tertiary/aromatic N) is 1. The average molecular weight is 333 g/mol. The molecule has 0 spiro atoms. The van der Waals surface area contributed by atoms with Gasteiger partial charge in [-0.05, 0) is 42.5 Å². The van der Waals surface area contributed by atoms with Crippen LogP contribution in [0.25, 0.3) is 22.5 Å². The van der Waals surface area contributed by atoms with Gasteiger partial charge in [0.05, 0.1) is 17.2 Å². The van der Waals surface area contributed by atoms with E-state index in [0.717, 1.165) is 0 Å². The van der Waals surface area contributed by atoms with Crippen molar-refractivity contribution in [3.8, 4) is 17.3 Å². The number of fused-ring (bicyclic) bond motifs is 1. The normalized spacial score (nSPS) is 10.7. The van der Waals surface area contributed by atoms with Crippen molar-refractivity contribution in [1.29, 1.82) is 0 Å². The second-order valence-corrected chi connectivity index (χ2v) is 5.24. The smallest absolute Gasteiger partial charge is 0.343 e. The van der Waals surface area contributed by atoms with Gasteiger partial charge in [-0.15, -0.1) is 0 Å². The number of esters is 1. The standard InChI is InChI=1S/C19H11NO5/c21-15-11-18(17-2-1-9-23-17)25-16-4-3-13(10-14(15)16)24-19(22)12-5-7-20-8-6-12/h1-11H. The lowest BCUT2D eigenvalue weighted by molar-refractivity contribution is 0.0735. The summed E-state index contributed by atoms with van der Waals surface area (Å²) < 4.78 is 16.2. The molecule has 25 heavy (non-hydrogen) atoms. The minimum atomic E-state index is -0.529. The van der Waals surface area contributed by atoms with E-state index in [2.05, 4.69) is 4.98 Å². The van der Waals surface area contributed by atoms with Crippen molar-refractivity contribution in [1.82, 2.24) is 4.98 Å². The van der Waals surface area contributed by atoms with Gasteiger partial charge in [0.2, 0.25) is 0 Å². The van der Waals surface area contributed by atoms with Crippen LogP contribution < -0.4 is 10.2 Å². The average Bonchev–Trinajstić information content (AvgIpc) is 3.17. The number of ether oxygens (including phenoxy) is 1. The molecule has 0 saturated carbocycles. The van der Waals surface area contributed by atoms with Crippen LogP contribution in [-0.4, -0.2) is 11.0 Å². The zero-order valence-electron chi connectivity index (χ0n) is 12.8. The molecule has 0 amide bonds. The van der Waals surface area contributed by atoms with E-state index in [1.54, 1.807) is 36.4 Å². The monoisotopic (exact) mass is 333 g/mol. The minimum absolute atomic E-state index is 0.255. The fourth-order valence-corrected chi connectivity index (χ4v) is 2.39. The second kappa shape index (κ2) is 6.09. The van der Waals surface area contributed by atoms with E-state index in [-0.39, 0.29) is 11.2 Å². The van der Waals surface area contributed by atoms with Crippen LogP contribution in [0.3, 0.4) is 0 Å². The Labute approximate surface area is 141 Å². The molecule has 3 aromatic heterocycles. The Hall–Kier alpha value is -3.67. The molecule has 122 valence electrons. The molecule has 3 heterocycles. The van der Waals surface area contributed by atoms with Crippen molar-refractivity contribution in [2.24, 2.45) is 0 Å². The quantitative estimate of drug-likeness (QED) is 0.420. The van der Waals surface area contributed by atoms with Gasteiger partial charge >= 0.3 is 5.97 Å². The van der Waals surface area contributed by atoms with Gasteiger partial charge < -0.3 is 13.6 Å². The number of carbonyl (C=O) groups is 1. The number of furan rings is 1. The molecule has 0 aliphatic rings. The predicted molar refractivity (Wildman–Crippen MR) is 89.4 cm³/mol. The highest BCUT2D eigenvalue weighted by Crippen LogP contribution is 2.25. The molecule has 0 bridgehead atoms. The summed E-state index contributed by atoms with van der Waals surface area (Å²) in [5.41, 5.74) is 0.493. The van der Waals surface area contributed by atoms with E-state index in [4.69, 9.17) is 13.6 Å². The van der Waals surface area contributed by atoms with E-state index in [9.17, 15) is 9.59 Å². The van der Waals surface area contributed by atoms with Crippen molar-refractivity contribution < 1.29 is 18.4 Å². The Bertz CT molecular complexity index is 1100. The van der Waals surface area contributed by atoms with Crippen molar-refractivity contribution in [2.75, 3.05) is 0 Å². The molecule has 4 aromatic rings. The van der Waals surface area contributed by atoms with Crippen LogP contribution in [0.1, 0.15) is 10.4 Å². The molecule has 0 atom stereocenters. The Balaban J connectivity index is 1.69. The number of hydrogen-bond donors (Lipinski definition) is 0. The molecule has 6 nitrogen and oxygen atoms in total. The molecule has 0 aliphatic carbocycles. The highest BCUT2D eigenvalue weighted by atomic mass is 16.5. The maximum atomic E-state index is 12.4. The first-order valence-electron chi connectivity index (χ1n) is 7.45. The van der Waals surface area contributed by atoms with Crippen molar-refractivity contribution in [2.45, 2.75) is 0 Å². The molecule has 0 aliphatic heterocycles. The van der Waals surface area contributed by atoms with Crippen LogP contribution in [0.4, 0.5) is 0 Å². The summed E-state index contributed by atoms with van der Waals surface area (Å²) in [7, 11) is 0. The van der Waals surface area contributed by atoms with Crippen LogP contribution in [0.5, 0.6) is 5.75 Å². The summed E-state index contributed by atoms with van der Waals surface area (Å²) in [6, 6.07) is 12.5. The van der Waals surface area contributed by atoms with E-state index in [1.165, 1.54) is 30.8 Å². The zero-order valence-corrected chi connectivity index (χ0v) is 12.8. The van der Waals surface area contributed by atoms with E-state index in [1.807, 2.05) is 0 Å². The molecule has 6 heteroatoms. The third-order valence-corrected chi connectivity index (χ3v) is 3.59. The Morgan fingerprint density at radius 2 is 1.84 bits per heavy atom. The van der Waals surface area contributed by atoms with E-state index in [0.29, 0.717) is 28.1 Å². The fourth-order valence-electron chi connectivity index (χ4n) is 2.39. The van der Waals surface area contributed by atoms with Gasteiger partial charge in [-0.25, -0.2) is 4.79 Å². The molecule has 1 aromatic carbocycles. The molecule has 0 saturated heterocycles. The first-order valence-corrected chi connectivity index (χ1v) is 7.45. The lowest BCUT2D eigenvalue weighted by Crippen LogP contribution is -2.09. The van der Waals surface area contributed by atoms with Gasteiger partial charge in [0, 0.05) is 18.5 Å². The third-order valence-electron chi connectivity index (χ3n) is 3.59. The molecule has 0 radical (unpaired) electrons.